The van der Waals surface area contributed by atoms with Crippen LogP contribution in [0.5, 0.6) is 5.75 Å². The molecule has 14 heavy (non-hydrogen) atoms. The molecule has 1 aromatic carbocycles. The van der Waals surface area contributed by atoms with Crippen LogP contribution in [0.15, 0.2) is 24.3 Å². The molecule has 1 amide bonds. The third-order valence-corrected chi connectivity index (χ3v) is 2.03. The first kappa shape index (κ1) is 10.9. The fourth-order valence-corrected chi connectivity index (χ4v) is 0.974. The maximum absolute atomic E-state index is 11.0. The molecule has 0 heterocycles. The van der Waals surface area contributed by atoms with E-state index in [1.54, 1.807) is 38.1 Å². The fourth-order valence-electron chi connectivity index (χ4n) is 0.848. The van der Waals surface area contributed by atoms with Gasteiger partial charge in [0.2, 0.25) is 0 Å². The van der Waals surface area contributed by atoms with Crippen LogP contribution in [0.1, 0.15) is 13.8 Å². The first-order chi connectivity index (χ1) is 6.42. The summed E-state index contributed by atoms with van der Waals surface area (Å²) in [6.07, 6.45) is 0. The van der Waals surface area contributed by atoms with Crippen molar-refractivity contribution in [1.82, 2.24) is 0 Å². The zero-order valence-electron chi connectivity index (χ0n) is 8.08. The lowest BCUT2D eigenvalue weighted by molar-refractivity contribution is -0.130. The average molecular weight is 214 g/mol. The van der Waals surface area contributed by atoms with Crippen LogP contribution in [0.2, 0.25) is 5.02 Å². The van der Waals surface area contributed by atoms with E-state index in [1.165, 1.54) is 0 Å². The number of ether oxygens (including phenoxy) is 1. The van der Waals surface area contributed by atoms with E-state index < -0.39 is 11.5 Å². The topological polar surface area (TPSA) is 52.3 Å². The summed E-state index contributed by atoms with van der Waals surface area (Å²) in [6, 6.07) is 6.75. The molecule has 0 spiro atoms. The number of hydrogen-bond acceptors (Lipinski definition) is 2. The molecule has 4 heteroatoms. The van der Waals surface area contributed by atoms with E-state index in [9.17, 15) is 4.79 Å². The Morgan fingerprint density at radius 2 is 1.86 bits per heavy atom. The Kier molecular flexibility index (Phi) is 3.01. The third-order valence-electron chi connectivity index (χ3n) is 1.78. The molecule has 0 aromatic heterocycles. The molecule has 0 fully saturated rings. The van der Waals surface area contributed by atoms with Crippen molar-refractivity contribution in [3.05, 3.63) is 29.3 Å². The number of hydrogen-bond donors (Lipinski definition) is 1. The molecular formula is C10H12ClNO2. The standard InChI is InChI=1S/C10H12ClNO2/c1-10(2,9(12)13)14-8-5-3-7(11)4-6-8/h3-6H,1-2H3,(H2,12,13). The summed E-state index contributed by atoms with van der Waals surface area (Å²) in [7, 11) is 0. The lowest BCUT2D eigenvalue weighted by Gasteiger charge is -2.22. The van der Waals surface area contributed by atoms with Crippen LogP contribution in [0.25, 0.3) is 0 Å². The summed E-state index contributed by atoms with van der Waals surface area (Å²) >= 11 is 5.70. The number of carbonyl (C=O) groups excluding carboxylic acids is 1. The quantitative estimate of drug-likeness (QED) is 0.835. The van der Waals surface area contributed by atoms with Crippen LogP contribution < -0.4 is 10.5 Å². The van der Waals surface area contributed by atoms with Crippen molar-refractivity contribution >= 4 is 17.5 Å². The molecule has 0 saturated carbocycles. The van der Waals surface area contributed by atoms with E-state index in [2.05, 4.69) is 0 Å². The van der Waals surface area contributed by atoms with Crippen LogP contribution in [-0.2, 0) is 4.79 Å². The molecule has 3 nitrogen and oxygen atoms in total. The van der Waals surface area contributed by atoms with Gasteiger partial charge in [-0.3, -0.25) is 4.79 Å². The average Bonchev–Trinajstić information content (AvgIpc) is 2.08. The number of amides is 1. The van der Waals surface area contributed by atoms with Crippen molar-refractivity contribution in [3.63, 3.8) is 0 Å². The van der Waals surface area contributed by atoms with E-state index >= 15 is 0 Å². The van der Waals surface area contributed by atoms with Crippen molar-refractivity contribution in [3.8, 4) is 5.75 Å². The molecule has 0 radical (unpaired) electrons. The summed E-state index contributed by atoms with van der Waals surface area (Å²) in [5.41, 5.74) is 4.15. The van der Waals surface area contributed by atoms with Gasteiger partial charge in [0.15, 0.2) is 5.60 Å². The molecule has 76 valence electrons. The highest BCUT2D eigenvalue weighted by atomic mass is 35.5. The Morgan fingerprint density at radius 1 is 1.36 bits per heavy atom. The summed E-state index contributed by atoms with van der Waals surface area (Å²) in [4.78, 5) is 11.0. The maximum atomic E-state index is 11.0. The SMILES string of the molecule is CC(C)(Oc1ccc(Cl)cc1)C(N)=O. The minimum atomic E-state index is -1.01. The monoisotopic (exact) mass is 213 g/mol. The molecular weight excluding hydrogens is 202 g/mol. The summed E-state index contributed by atoms with van der Waals surface area (Å²) in [5, 5.41) is 0.620. The van der Waals surface area contributed by atoms with Crippen LogP contribution in [0, 0.1) is 0 Å². The van der Waals surface area contributed by atoms with Gasteiger partial charge in [0, 0.05) is 5.02 Å². The van der Waals surface area contributed by atoms with Crippen molar-refractivity contribution in [2.75, 3.05) is 0 Å². The number of carbonyl (C=O) groups is 1. The lowest BCUT2D eigenvalue weighted by Crippen LogP contribution is -2.43. The van der Waals surface area contributed by atoms with Crippen LogP contribution in [-0.4, -0.2) is 11.5 Å². The van der Waals surface area contributed by atoms with Crippen LogP contribution in [0.3, 0.4) is 0 Å². The van der Waals surface area contributed by atoms with Gasteiger partial charge in [-0.1, -0.05) is 11.6 Å². The molecule has 0 bridgehead atoms. The Bertz CT molecular complexity index is 332. The lowest BCUT2D eigenvalue weighted by atomic mass is 10.1. The van der Waals surface area contributed by atoms with Crippen molar-refractivity contribution in [2.45, 2.75) is 19.4 Å². The van der Waals surface area contributed by atoms with Gasteiger partial charge in [-0.2, -0.15) is 0 Å². The number of rotatable bonds is 3. The molecule has 1 rings (SSSR count). The Morgan fingerprint density at radius 3 is 2.29 bits per heavy atom. The van der Waals surface area contributed by atoms with E-state index in [-0.39, 0.29) is 0 Å². The molecule has 0 unspecified atom stereocenters. The zero-order chi connectivity index (χ0) is 10.8. The third kappa shape index (κ3) is 2.64. The molecule has 2 N–H and O–H groups in total. The zero-order valence-corrected chi connectivity index (χ0v) is 8.84. The predicted molar refractivity (Wildman–Crippen MR) is 55.4 cm³/mol. The van der Waals surface area contributed by atoms with Crippen LogP contribution >= 0.6 is 11.6 Å². The highest BCUT2D eigenvalue weighted by Gasteiger charge is 2.26. The van der Waals surface area contributed by atoms with Gasteiger partial charge in [-0.25, -0.2) is 0 Å². The molecule has 0 aliphatic carbocycles. The Balaban J connectivity index is 2.79. The molecule has 0 aliphatic rings. The van der Waals surface area contributed by atoms with E-state index in [0.29, 0.717) is 10.8 Å². The van der Waals surface area contributed by atoms with Gasteiger partial charge in [-0.15, -0.1) is 0 Å². The van der Waals surface area contributed by atoms with Gasteiger partial charge < -0.3 is 10.5 Å². The van der Waals surface area contributed by atoms with Gasteiger partial charge >= 0.3 is 0 Å². The Hall–Kier alpha value is -1.22. The van der Waals surface area contributed by atoms with Crippen molar-refractivity contribution in [2.24, 2.45) is 5.73 Å². The first-order valence-corrected chi connectivity index (χ1v) is 4.54. The fraction of sp³-hybridized carbons (Fsp3) is 0.300. The molecule has 0 atom stereocenters. The summed E-state index contributed by atoms with van der Waals surface area (Å²) in [6.45, 7) is 3.23. The second-order valence-electron chi connectivity index (χ2n) is 3.43. The molecule has 0 aliphatic heterocycles. The number of benzene rings is 1. The molecule has 0 saturated heterocycles. The second-order valence-corrected chi connectivity index (χ2v) is 3.87. The number of primary amides is 1. The minimum absolute atomic E-state index is 0.507. The normalized spacial score (nSPS) is 11.1. The number of nitrogens with two attached hydrogens (primary N) is 1. The highest BCUT2D eigenvalue weighted by Crippen LogP contribution is 2.20. The van der Waals surface area contributed by atoms with E-state index in [0.717, 1.165) is 0 Å². The maximum Gasteiger partial charge on any atom is 0.261 e. The largest absolute Gasteiger partial charge is 0.478 e. The van der Waals surface area contributed by atoms with Gasteiger partial charge in [0.25, 0.3) is 5.91 Å². The van der Waals surface area contributed by atoms with E-state index in [4.69, 9.17) is 22.1 Å². The van der Waals surface area contributed by atoms with Gasteiger partial charge in [0.1, 0.15) is 5.75 Å². The predicted octanol–water partition coefficient (Wildman–Crippen LogP) is 1.98. The number of halogens is 1. The highest BCUT2D eigenvalue weighted by molar-refractivity contribution is 6.30. The first-order valence-electron chi connectivity index (χ1n) is 4.16. The minimum Gasteiger partial charge on any atom is -0.478 e. The van der Waals surface area contributed by atoms with Crippen molar-refractivity contribution in [1.29, 1.82) is 0 Å². The molecule has 1 aromatic rings. The second kappa shape index (κ2) is 3.88. The Labute approximate surface area is 87.8 Å². The van der Waals surface area contributed by atoms with E-state index in [1.807, 2.05) is 0 Å². The smallest absolute Gasteiger partial charge is 0.261 e. The van der Waals surface area contributed by atoms with Crippen LogP contribution in [0.4, 0.5) is 0 Å². The van der Waals surface area contributed by atoms with Gasteiger partial charge in [0.05, 0.1) is 0 Å². The summed E-state index contributed by atoms with van der Waals surface area (Å²) < 4.78 is 5.39. The van der Waals surface area contributed by atoms with Crippen molar-refractivity contribution < 1.29 is 9.53 Å². The summed E-state index contributed by atoms with van der Waals surface area (Å²) in [5.74, 6) is 0.0608. The van der Waals surface area contributed by atoms with Gasteiger partial charge in [-0.05, 0) is 38.1 Å².